The first-order valence-corrected chi connectivity index (χ1v) is 9.54. The fraction of sp³-hybridized carbons (Fsp3) is 0.700. The minimum absolute atomic E-state index is 0.183. The van der Waals surface area contributed by atoms with Gasteiger partial charge in [0.15, 0.2) is 5.78 Å². The van der Waals surface area contributed by atoms with E-state index in [1.807, 2.05) is 12.3 Å². The van der Waals surface area contributed by atoms with Crippen molar-refractivity contribution in [3.8, 4) is 0 Å². The number of H-pyrrole nitrogens is 1. The average molecular weight is 325 g/mol. The van der Waals surface area contributed by atoms with Gasteiger partial charge in [-0.2, -0.15) is 5.10 Å². The number of ketones is 1. The normalized spacial score (nSPS) is 43.7. The molecule has 4 aliphatic rings. The SMILES string of the molecule is C[C@@]12CC[C@H]3[C@@H](CCC4=CC(=O)CC[C@@]43C)[C@H]1Cc1cn[nH]c1N2. The van der Waals surface area contributed by atoms with Crippen molar-refractivity contribution in [2.45, 2.75) is 64.3 Å². The number of hydrogen-bond donors (Lipinski definition) is 2. The molecule has 0 spiro atoms. The van der Waals surface area contributed by atoms with E-state index in [0.29, 0.717) is 11.7 Å². The lowest BCUT2D eigenvalue weighted by Crippen LogP contribution is -2.58. The number of nitrogens with one attached hydrogen (secondary N) is 2. The molecule has 128 valence electrons. The lowest BCUT2D eigenvalue weighted by molar-refractivity contribution is -0.117. The maximum absolute atomic E-state index is 11.9. The van der Waals surface area contributed by atoms with Gasteiger partial charge in [0.25, 0.3) is 0 Å². The number of anilines is 1. The molecule has 0 radical (unpaired) electrons. The zero-order valence-electron chi connectivity index (χ0n) is 14.7. The summed E-state index contributed by atoms with van der Waals surface area (Å²) in [6.45, 7) is 4.86. The summed E-state index contributed by atoms with van der Waals surface area (Å²) in [7, 11) is 0. The molecule has 4 heteroatoms. The molecular weight excluding hydrogens is 298 g/mol. The van der Waals surface area contributed by atoms with Crippen LogP contribution in [0.15, 0.2) is 17.8 Å². The summed E-state index contributed by atoms with van der Waals surface area (Å²) in [5, 5.41) is 11.2. The first kappa shape index (κ1) is 14.7. The predicted octanol–water partition coefficient (Wildman–Crippen LogP) is 3.87. The van der Waals surface area contributed by atoms with Gasteiger partial charge in [-0.25, -0.2) is 0 Å². The van der Waals surface area contributed by atoms with Gasteiger partial charge in [0.05, 0.1) is 6.20 Å². The molecule has 0 amide bonds. The Labute approximate surface area is 143 Å². The molecule has 2 fully saturated rings. The molecule has 0 saturated heterocycles. The first-order valence-electron chi connectivity index (χ1n) is 9.54. The number of rotatable bonds is 0. The monoisotopic (exact) mass is 325 g/mol. The Morgan fingerprint density at radius 2 is 2.04 bits per heavy atom. The number of allylic oxidation sites excluding steroid dienone is 2. The van der Waals surface area contributed by atoms with Crippen molar-refractivity contribution < 1.29 is 4.79 Å². The molecule has 2 saturated carbocycles. The Balaban J connectivity index is 1.52. The van der Waals surface area contributed by atoms with Gasteiger partial charge in [0.1, 0.15) is 5.82 Å². The van der Waals surface area contributed by atoms with Gasteiger partial charge >= 0.3 is 0 Å². The largest absolute Gasteiger partial charge is 0.365 e. The van der Waals surface area contributed by atoms with Crippen molar-refractivity contribution >= 4 is 11.6 Å². The number of aromatic amines is 1. The third-order valence-corrected chi connectivity index (χ3v) is 7.92. The number of fused-ring (bicyclic) bond motifs is 6. The molecule has 0 unspecified atom stereocenters. The lowest BCUT2D eigenvalue weighted by Gasteiger charge is -2.60. The molecule has 0 bridgehead atoms. The van der Waals surface area contributed by atoms with Gasteiger partial charge in [-0.3, -0.25) is 9.89 Å². The van der Waals surface area contributed by atoms with Crippen molar-refractivity contribution in [1.29, 1.82) is 0 Å². The molecule has 1 aliphatic heterocycles. The molecule has 1 aromatic heterocycles. The summed E-state index contributed by atoms with van der Waals surface area (Å²) in [6.07, 6.45) is 11.8. The Bertz CT molecular complexity index is 735. The Morgan fingerprint density at radius 3 is 2.92 bits per heavy atom. The van der Waals surface area contributed by atoms with Crippen molar-refractivity contribution in [3.63, 3.8) is 0 Å². The summed E-state index contributed by atoms with van der Waals surface area (Å²) in [6, 6.07) is 0. The molecule has 2 heterocycles. The van der Waals surface area contributed by atoms with Crippen LogP contribution in [0, 0.1) is 23.2 Å². The standard InChI is InChI=1S/C20H27N3O/c1-19-7-5-14(24)10-13(19)3-4-15-16(19)6-8-20(2)17(15)9-12-11-21-23-18(12)22-20/h10-11,15-17H,3-9H2,1-2H3,(H2,21,22,23)/t15-,16+,17-,19+,20-/m1/s1. The van der Waals surface area contributed by atoms with Crippen molar-refractivity contribution in [2.75, 3.05) is 5.32 Å². The van der Waals surface area contributed by atoms with Crippen LogP contribution in [0.4, 0.5) is 5.82 Å². The summed E-state index contributed by atoms with van der Waals surface area (Å²) < 4.78 is 0. The minimum atomic E-state index is 0.183. The summed E-state index contributed by atoms with van der Waals surface area (Å²) in [5.74, 6) is 3.66. The van der Waals surface area contributed by atoms with Crippen LogP contribution in [0.5, 0.6) is 0 Å². The molecule has 5 atom stereocenters. The van der Waals surface area contributed by atoms with Gasteiger partial charge in [0, 0.05) is 17.5 Å². The molecule has 1 aromatic rings. The van der Waals surface area contributed by atoms with E-state index in [9.17, 15) is 4.79 Å². The molecule has 24 heavy (non-hydrogen) atoms. The highest BCUT2D eigenvalue weighted by atomic mass is 16.1. The smallest absolute Gasteiger partial charge is 0.155 e. The Morgan fingerprint density at radius 1 is 1.17 bits per heavy atom. The second kappa shape index (κ2) is 4.74. The maximum atomic E-state index is 11.9. The van der Waals surface area contributed by atoms with Gasteiger partial charge in [-0.1, -0.05) is 12.5 Å². The summed E-state index contributed by atoms with van der Waals surface area (Å²) in [4.78, 5) is 11.9. The van der Waals surface area contributed by atoms with Crippen molar-refractivity contribution in [1.82, 2.24) is 10.2 Å². The van der Waals surface area contributed by atoms with E-state index in [4.69, 9.17) is 0 Å². The fourth-order valence-corrected chi connectivity index (χ4v) is 6.51. The highest BCUT2D eigenvalue weighted by Crippen LogP contribution is 2.61. The van der Waals surface area contributed by atoms with E-state index >= 15 is 0 Å². The second-order valence-corrected chi connectivity index (χ2v) is 9.02. The van der Waals surface area contributed by atoms with Crippen molar-refractivity contribution in [3.05, 3.63) is 23.4 Å². The van der Waals surface area contributed by atoms with Crippen LogP contribution in [-0.2, 0) is 11.2 Å². The van der Waals surface area contributed by atoms with Crippen LogP contribution in [0.3, 0.4) is 0 Å². The topological polar surface area (TPSA) is 57.8 Å². The number of carbonyl (C=O) groups is 1. The van der Waals surface area contributed by atoms with E-state index in [2.05, 4.69) is 29.4 Å². The number of aromatic nitrogens is 2. The third-order valence-electron chi connectivity index (χ3n) is 7.92. The molecule has 3 aliphatic carbocycles. The Hall–Kier alpha value is -1.58. The minimum Gasteiger partial charge on any atom is -0.365 e. The van der Waals surface area contributed by atoms with Gasteiger partial charge in [-0.05, 0) is 74.7 Å². The zero-order chi connectivity index (χ0) is 16.5. The quantitative estimate of drug-likeness (QED) is 0.761. The number of carbonyl (C=O) groups excluding carboxylic acids is 1. The van der Waals surface area contributed by atoms with E-state index in [1.54, 1.807) is 0 Å². The van der Waals surface area contributed by atoms with Crippen LogP contribution in [0.25, 0.3) is 0 Å². The molecule has 2 N–H and O–H groups in total. The molecule has 4 nitrogen and oxygen atoms in total. The van der Waals surface area contributed by atoms with Crippen LogP contribution < -0.4 is 5.32 Å². The molecule has 0 aromatic carbocycles. The van der Waals surface area contributed by atoms with Crippen molar-refractivity contribution in [2.24, 2.45) is 23.2 Å². The fourth-order valence-electron chi connectivity index (χ4n) is 6.51. The van der Waals surface area contributed by atoms with Crippen LogP contribution in [-0.4, -0.2) is 21.5 Å². The lowest BCUT2D eigenvalue weighted by atomic mass is 9.47. The highest BCUT2D eigenvalue weighted by Gasteiger charge is 2.56. The molecule has 5 rings (SSSR count). The van der Waals surface area contributed by atoms with E-state index in [-0.39, 0.29) is 11.0 Å². The number of nitrogens with zero attached hydrogens (tertiary/aromatic N) is 1. The molecular formula is C20H27N3O. The van der Waals surface area contributed by atoms with E-state index in [0.717, 1.165) is 43.3 Å². The predicted molar refractivity (Wildman–Crippen MR) is 93.7 cm³/mol. The van der Waals surface area contributed by atoms with E-state index < -0.39 is 0 Å². The van der Waals surface area contributed by atoms with Gasteiger partial charge < -0.3 is 5.32 Å². The van der Waals surface area contributed by atoms with Crippen LogP contribution in [0.2, 0.25) is 0 Å². The summed E-state index contributed by atoms with van der Waals surface area (Å²) >= 11 is 0. The Kier molecular flexibility index (Phi) is 2.91. The second-order valence-electron chi connectivity index (χ2n) is 9.02. The first-order chi connectivity index (χ1) is 11.5. The maximum Gasteiger partial charge on any atom is 0.155 e. The average Bonchev–Trinajstić information content (AvgIpc) is 2.99. The van der Waals surface area contributed by atoms with Crippen LogP contribution in [0.1, 0.15) is 57.9 Å². The zero-order valence-corrected chi connectivity index (χ0v) is 14.7. The van der Waals surface area contributed by atoms with Crippen LogP contribution >= 0.6 is 0 Å². The van der Waals surface area contributed by atoms with Gasteiger partial charge in [-0.15, -0.1) is 0 Å². The van der Waals surface area contributed by atoms with Gasteiger partial charge in [0.2, 0.25) is 0 Å². The summed E-state index contributed by atoms with van der Waals surface area (Å²) in [5.41, 5.74) is 3.25. The highest BCUT2D eigenvalue weighted by molar-refractivity contribution is 5.91. The third kappa shape index (κ3) is 1.86. The number of hydrogen-bond acceptors (Lipinski definition) is 3. The van der Waals surface area contributed by atoms with E-state index in [1.165, 1.54) is 30.4 Å².